The number of hydrogen-bond acceptors (Lipinski definition) is 3. The Hall–Kier alpha value is -1.24. The van der Waals surface area contributed by atoms with Crippen molar-refractivity contribution >= 4 is 17.3 Å². The molecule has 1 rings (SSSR count). The van der Waals surface area contributed by atoms with Gasteiger partial charge in [0.15, 0.2) is 0 Å². The molecule has 0 fully saturated rings. The molecule has 1 unspecified atom stereocenters. The van der Waals surface area contributed by atoms with Gasteiger partial charge >= 0.3 is 0 Å². The lowest BCUT2D eigenvalue weighted by atomic mass is 9.89. The monoisotopic (exact) mass is 252 g/mol. The van der Waals surface area contributed by atoms with Crippen molar-refractivity contribution < 1.29 is 5.11 Å². The van der Waals surface area contributed by atoms with E-state index in [1.54, 1.807) is 18.2 Å². The minimum atomic E-state index is -0.509. The number of rotatable bonds is 3. The molecule has 17 heavy (non-hydrogen) atoms. The van der Waals surface area contributed by atoms with E-state index in [-0.39, 0.29) is 5.41 Å². The Bertz CT molecular complexity index is 432. The molecule has 0 bridgehead atoms. The van der Waals surface area contributed by atoms with Crippen LogP contribution in [-0.2, 0) is 0 Å². The number of aliphatic hydroxyl groups is 1. The molecule has 0 radical (unpaired) electrons. The van der Waals surface area contributed by atoms with Gasteiger partial charge in [0.2, 0.25) is 0 Å². The topological polar surface area (TPSA) is 56.0 Å². The van der Waals surface area contributed by atoms with Crippen molar-refractivity contribution in [3.05, 3.63) is 28.8 Å². The van der Waals surface area contributed by atoms with Gasteiger partial charge in [0, 0.05) is 6.54 Å². The van der Waals surface area contributed by atoms with Crippen molar-refractivity contribution in [1.29, 1.82) is 5.26 Å². The van der Waals surface area contributed by atoms with Gasteiger partial charge in [-0.1, -0.05) is 38.4 Å². The van der Waals surface area contributed by atoms with Crippen molar-refractivity contribution in [2.75, 3.05) is 11.9 Å². The summed E-state index contributed by atoms with van der Waals surface area (Å²) in [6.45, 7) is 6.23. The lowest BCUT2D eigenvalue weighted by Crippen LogP contribution is -2.33. The summed E-state index contributed by atoms with van der Waals surface area (Å²) in [5, 5.41) is 22.4. The Balaban J connectivity index is 2.80. The normalized spacial score (nSPS) is 12.9. The van der Waals surface area contributed by atoms with E-state index in [0.29, 0.717) is 22.8 Å². The maximum atomic E-state index is 9.91. The first kappa shape index (κ1) is 13.8. The molecule has 0 aliphatic rings. The van der Waals surface area contributed by atoms with Gasteiger partial charge in [-0.25, -0.2) is 0 Å². The summed E-state index contributed by atoms with van der Waals surface area (Å²) in [5.41, 5.74) is 0.861. The van der Waals surface area contributed by atoms with E-state index in [0.717, 1.165) is 0 Å². The van der Waals surface area contributed by atoms with Gasteiger partial charge in [0.25, 0.3) is 0 Å². The molecule has 1 aromatic carbocycles. The summed E-state index contributed by atoms with van der Waals surface area (Å²) >= 11 is 6.01. The standard InChI is InChI=1S/C13H17ClN2O/c1-13(2,3)11(17)8-16-12-9(7-15)5-4-6-10(12)14/h4-6,11,16-17H,8H2,1-3H3. The number of nitrogens with zero attached hydrogens (tertiary/aromatic N) is 1. The summed E-state index contributed by atoms with van der Waals surface area (Å²) in [5.74, 6) is 0. The zero-order valence-corrected chi connectivity index (χ0v) is 11.0. The second kappa shape index (κ2) is 5.39. The summed E-state index contributed by atoms with van der Waals surface area (Å²) in [6, 6.07) is 7.21. The van der Waals surface area contributed by atoms with Crippen LogP contribution in [0, 0.1) is 16.7 Å². The van der Waals surface area contributed by atoms with Gasteiger partial charge in [-0.15, -0.1) is 0 Å². The molecule has 92 valence electrons. The molecule has 0 saturated carbocycles. The van der Waals surface area contributed by atoms with Crippen molar-refractivity contribution in [2.45, 2.75) is 26.9 Å². The number of aliphatic hydroxyl groups excluding tert-OH is 1. The van der Waals surface area contributed by atoms with Crippen LogP contribution in [0.2, 0.25) is 5.02 Å². The predicted molar refractivity (Wildman–Crippen MR) is 70.1 cm³/mol. The van der Waals surface area contributed by atoms with Crippen LogP contribution >= 0.6 is 11.6 Å². The predicted octanol–water partition coefficient (Wildman–Crippen LogP) is 3.03. The van der Waals surface area contributed by atoms with Gasteiger partial charge < -0.3 is 10.4 Å². The van der Waals surface area contributed by atoms with Crippen LogP contribution in [0.25, 0.3) is 0 Å². The number of anilines is 1. The van der Waals surface area contributed by atoms with Gasteiger partial charge in [0.05, 0.1) is 22.4 Å². The maximum absolute atomic E-state index is 9.91. The smallest absolute Gasteiger partial charge is 0.101 e. The van der Waals surface area contributed by atoms with E-state index < -0.39 is 6.10 Å². The highest BCUT2D eigenvalue weighted by Crippen LogP contribution is 2.26. The molecule has 3 nitrogen and oxygen atoms in total. The van der Waals surface area contributed by atoms with Crippen LogP contribution in [0.1, 0.15) is 26.3 Å². The highest BCUT2D eigenvalue weighted by Gasteiger charge is 2.22. The molecule has 0 heterocycles. The van der Waals surface area contributed by atoms with E-state index in [1.807, 2.05) is 20.8 Å². The third-order valence-corrected chi connectivity index (χ3v) is 2.92. The number of hydrogen-bond donors (Lipinski definition) is 2. The SMILES string of the molecule is CC(C)(C)C(O)CNc1c(Cl)cccc1C#N. The first-order valence-corrected chi connectivity index (χ1v) is 5.84. The Morgan fingerprint density at radius 2 is 2.12 bits per heavy atom. The number of benzene rings is 1. The molecule has 1 aromatic rings. The number of para-hydroxylation sites is 1. The van der Waals surface area contributed by atoms with Crippen LogP contribution in [0.5, 0.6) is 0 Å². The molecular formula is C13H17ClN2O. The molecular weight excluding hydrogens is 236 g/mol. The van der Waals surface area contributed by atoms with Gasteiger partial charge in [-0.2, -0.15) is 5.26 Å². The molecule has 1 atom stereocenters. The van der Waals surface area contributed by atoms with Gasteiger partial charge in [-0.3, -0.25) is 0 Å². The Morgan fingerprint density at radius 1 is 1.47 bits per heavy atom. The fraction of sp³-hybridized carbons (Fsp3) is 0.462. The summed E-state index contributed by atoms with van der Waals surface area (Å²) < 4.78 is 0. The molecule has 0 aromatic heterocycles. The zero-order valence-electron chi connectivity index (χ0n) is 10.3. The lowest BCUT2D eigenvalue weighted by molar-refractivity contribution is 0.0746. The molecule has 0 saturated heterocycles. The summed E-state index contributed by atoms with van der Waals surface area (Å²) in [6.07, 6.45) is -0.509. The molecule has 4 heteroatoms. The third kappa shape index (κ3) is 3.62. The summed E-state index contributed by atoms with van der Waals surface area (Å²) in [7, 11) is 0. The molecule has 0 aliphatic heterocycles. The number of nitriles is 1. The first-order chi connectivity index (χ1) is 7.86. The highest BCUT2D eigenvalue weighted by molar-refractivity contribution is 6.33. The quantitative estimate of drug-likeness (QED) is 0.869. The Kier molecular flexibility index (Phi) is 4.39. The van der Waals surface area contributed by atoms with E-state index in [9.17, 15) is 5.11 Å². The number of nitrogens with one attached hydrogen (secondary N) is 1. The van der Waals surface area contributed by atoms with E-state index in [2.05, 4.69) is 11.4 Å². The minimum Gasteiger partial charge on any atom is -0.391 e. The first-order valence-electron chi connectivity index (χ1n) is 5.47. The highest BCUT2D eigenvalue weighted by atomic mass is 35.5. The van der Waals surface area contributed by atoms with E-state index >= 15 is 0 Å². The average molecular weight is 253 g/mol. The van der Waals surface area contributed by atoms with Crippen molar-refractivity contribution in [3.8, 4) is 6.07 Å². The van der Waals surface area contributed by atoms with Crippen molar-refractivity contribution in [2.24, 2.45) is 5.41 Å². The van der Waals surface area contributed by atoms with Gasteiger partial charge in [-0.05, 0) is 17.5 Å². The van der Waals surface area contributed by atoms with Gasteiger partial charge in [0.1, 0.15) is 6.07 Å². The fourth-order valence-electron chi connectivity index (χ4n) is 1.30. The van der Waals surface area contributed by atoms with Crippen LogP contribution in [0.3, 0.4) is 0 Å². The molecule has 0 aliphatic carbocycles. The molecule has 2 N–H and O–H groups in total. The van der Waals surface area contributed by atoms with Crippen LogP contribution in [0.15, 0.2) is 18.2 Å². The van der Waals surface area contributed by atoms with Crippen molar-refractivity contribution in [1.82, 2.24) is 0 Å². The lowest BCUT2D eigenvalue weighted by Gasteiger charge is -2.26. The van der Waals surface area contributed by atoms with E-state index in [4.69, 9.17) is 16.9 Å². The minimum absolute atomic E-state index is 0.207. The van der Waals surface area contributed by atoms with Crippen LogP contribution in [-0.4, -0.2) is 17.8 Å². The Morgan fingerprint density at radius 3 is 2.65 bits per heavy atom. The van der Waals surface area contributed by atoms with E-state index in [1.165, 1.54) is 0 Å². The van der Waals surface area contributed by atoms with Crippen LogP contribution < -0.4 is 5.32 Å². The summed E-state index contributed by atoms with van der Waals surface area (Å²) in [4.78, 5) is 0. The molecule has 0 amide bonds. The average Bonchev–Trinajstić information content (AvgIpc) is 2.25. The fourth-order valence-corrected chi connectivity index (χ4v) is 1.54. The zero-order chi connectivity index (χ0) is 13.1. The van der Waals surface area contributed by atoms with Crippen LogP contribution in [0.4, 0.5) is 5.69 Å². The largest absolute Gasteiger partial charge is 0.391 e. The molecule has 0 spiro atoms. The number of halogens is 1. The third-order valence-electron chi connectivity index (χ3n) is 2.61. The Labute approximate surface area is 107 Å². The second-order valence-corrected chi connectivity index (χ2v) is 5.44. The van der Waals surface area contributed by atoms with Crippen molar-refractivity contribution in [3.63, 3.8) is 0 Å². The second-order valence-electron chi connectivity index (χ2n) is 5.04. The maximum Gasteiger partial charge on any atom is 0.101 e.